The summed E-state index contributed by atoms with van der Waals surface area (Å²) in [7, 11) is 0. The van der Waals surface area contributed by atoms with Crippen molar-refractivity contribution in [1.29, 1.82) is 0 Å². The molecule has 0 atom stereocenters. The van der Waals surface area contributed by atoms with E-state index in [0.29, 0.717) is 17.9 Å². The molecule has 0 unspecified atom stereocenters. The first-order valence-electron chi connectivity index (χ1n) is 11.2. The average Bonchev–Trinajstić information content (AvgIpc) is 3.51. The standard InChI is InChI=1S/C27H26N2O4.H2/c1-3-28-25(30)19-7-5-18(6-8-19)22-15-21(10-4-17(22)2)29-26(31)27(12-13-27)20-9-11-23-24(14-20)33-16-32-23;/h4-11,14-15H,3,12-13,16H2,1-2H3,(H,28,30)(H,29,31);1H. The number of carbonyl (C=O) groups is 2. The molecular weight excluding hydrogens is 416 g/mol. The van der Waals surface area contributed by atoms with Crippen LogP contribution < -0.4 is 20.1 Å². The fourth-order valence-electron chi connectivity index (χ4n) is 4.29. The van der Waals surface area contributed by atoms with E-state index in [2.05, 4.69) is 10.6 Å². The van der Waals surface area contributed by atoms with Gasteiger partial charge in [-0.2, -0.15) is 0 Å². The van der Waals surface area contributed by atoms with E-state index < -0.39 is 5.41 Å². The lowest BCUT2D eigenvalue weighted by molar-refractivity contribution is -0.118. The Balaban J connectivity index is 0.00000274. The molecule has 1 fully saturated rings. The van der Waals surface area contributed by atoms with Crippen LogP contribution in [0.4, 0.5) is 5.69 Å². The van der Waals surface area contributed by atoms with Crippen LogP contribution in [0.2, 0.25) is 0 Å². The lowest BCUT2D eigenvalue weighted by atomic mass is 9.94. The minimum atomic E-state index is -0.527. The summed E-state index contributed by atoms with van der Waals surface area (Å²) in [5.74, 6) is 1.32. The second-order valence-electron chi connectivity index (χ2n) is 8.57. The molecule has 2 aliphatic rings. The molecule has 0 saturated heterocycles. The monoisotopic (exact) mass is 444 g/mol. The van der Waals surface area contributed by atoms with Gasteiger partial charge in [-0.15, -0.1) is 0 Å². The maximum Gasteiger partial charge on any atom is 0.251 e. The number of carbonyl (C=O) groups excluding carboxylic acids is 2. The average molecular weight is 445 g/mol. The highest BCUT2D eigenvalue weighted by molar-refractivity contribution is 6.02. The van der Waals surface area contributed by atoms with E-state index in [9.17, 15) is 9.59 Å². The first kappa shape index (κ1) is 21.1. The zero-order valence-corrected chi connectivity index (χ0v) is 18.7. The number of hydrogen-bond acceptors (Lipinski definition) is 4. The normalized spacial score (nSPS) is 15.1. The third-order valence-electron chi connectivity index (χ3n) is 6.40. The molecule has 6 nitrogen and oxygen atoms in total. The minimum Gasteiger partial charge on any atom is -0.454 e. The molecule has 170 valence electrons. The number of aryl methyl sites for hydroxylation is 1. The molecule has 1 heterocycles. The van der Waals surface area contributed by atoms with Gasteiger partial charge in [0.15, 0.2) is 11.5 Å². The van der Waals surface area contributed by atoms with Crippen LogP contribution >= 0.6 is 0 Å². The zero-order chi connectivity index (χ0) is 23.0. The van der Waals surface area contributed by atoms with Crippen LogP contribution in [0.25, 0.3) is 11.1 Å². The van der Waals surface area contributed by atoms with Crippen LogP contribution in [0.1, 0.15) is 42.7 Å². The molecule has 1 aliphatic carbocycles. The Morgan fingerprint density at radius 2 is 1.73 bits per heavy atom. The second kappa shape index (κ2) is 8.28. The van der Waals surface area contributed by atoms with Gasteiger partial charge in [0.2, 0.25) is 12.7 Å². The summed E-state index contributed by atoms with van der Waals surface area (Å²) in [5.41, 5.74) is 4.91. The highest BCUT2D eigenvalue weighted by Gasteiger charge is 2.51. The molecule has 3 aromatic carbocycles. The van der Waals surface area contributed by atoms with Crippen LogP contribution in [0, 0.1) is 6.92 Å². The SMILES string of the molecule is CCNC(=O)c1ccc(-c2cc(NC(=O)C3(c4ccc5c(c4)OCO5)CC3)ccc2C)cc1.[HH]. The summed E-state index contributed by atoms with van der Waals surface area (Å²) in [6.45, 7) is 4.74. The van der Waals surface area contributed by atoms with Gasteiger partial charge in [0, 0.05) is 19.2 Å². The van der Waals surface area contributed by atoms with E-state index in [4.69, 9.17) is 9.47 Å². The highest BCUT2D eigenvalue weighted by atomic mass is 16.7. The van der Waals surface area contributed by atoms with Crippen LogP contribution in [0.15, 0.2) is 60.7 Å². The smallest absolute Gasteiger partial charge is 0.251 e. The summed E-state index contributed by atoms with van der Waals surface area (Å²) in [4.78, 5) is 25.3. The number of fused-ring (bicyclic) bond motifs is 1. The van der Waals surface area contributed by atoms with Gasteiger partial charge in [0.25, 0.3) is 5.91 Å². The van der Waals surface area contributed by atoms with Crippen molar-refractivity contribution in [2.24, 2.45) is 0 Å². The van der Waals surface area contributed by atoms with Crippen molar-refractivity contribution in [2.75, 3.05) is 18.7 Å². The maximum atomic E-state index is 13.3. The van der Waals surface area contributed by atoms with E-state index >= 15 is 0 Å². The molecule has 5 rings (SSSR count). The fourth-order valence-corrected chi connectivity index (χ4v) is 4.29. The number of amides is 2. The van der Waals surface area contributed by atoms with Crippen molar-refractivity contribution in [3.63, 3.8) is 0 Å². The van der Waals surface area contributed by atoms with Crippen molar-refractivity contribution in [3.05, 3.63) is 77.4 Å². The van der Waals surface area contributed by atoms with Gasteiger partial charge in [-0.25, -0.2) is 0 Å². The Labute approximate surface area is 194 Å². The summed E-state index contributed by atoms with van der Waals surface area (Å²) < 4.78 is 10.9. The van der Waals surface area contributed by atoms with Crippen molar-refractivity contribution < 1.29 is 20.5 Å². The summed E-state index contributed by atoms with van der Waals surface area (Å²) in [6.07, 6.45) is 1.61. The summed E-state index contributed by atoms with van der Waals surface area (Å²) in [6, 6.07) is 19.2. The number of rotatable bonds is 6. The molecular formula is C27H28N2O4. The van der Waals surface area contributed by atoms with Gasteiger partial charge in [-0.05, 0) is 85.3 Å². The topological polar surface area (TPSA) is 76.7 Å². The molecule has 3 aromatic rings. The van der Waals surface area contributed by atoms with E-state index in [1.807, 2.05) is 74.5 Å². The second-order valence-corrected chi connectivity index (χ2v) is 8.57. The molecule has 2 N–H and O–H groups in total. The molecule has 2 amide bonds. The van der Waals surface area contributed by atoms with Crippen LogP contribution in [-0.2, 0) is 10.2 Å². The third kappa shape index (κ3) is 3.93. The van der Waals surface area contributed by atoms with Gasteiger partial charge >= 0.3 is 0 Å². The Kier molecular flexibility index (Phi) is 5.29. The minimum absolute atomic E-state index is 0. The number of ether oxygens (including phenoxy) is 2. The quantitative estimate of drug-likeness (QED) is 0.557. The molecule has 33 heavy (non-hydrogen) atoms. The Bertz CT molecular complexity index is 1240. The van der Waals surface area contributed by atoms with Crippen molar-refractivity contribution in [1.82, 2.24) is 5.32 Å². The van der Waals surface area contributed by atoms with Crippen LogP contribution in [0.3, 0.4) is 0 Å². The van der Waals surface area contributed by atoms with Crippen molar-refractivity contribution in [3.8, 4) is 22.6 Å². The van der Waals surface area contributed by atoms with Crippen LogP contribution in [0.5, 0.6) is 11.5 Å². The molecule has 0 aromatic heterocycles. The van der Waals surface area contributed by atoms with Gasteiger partial charge in [-0.1, -0.05) is 24.3 Å². The maximum absolute atomic E-state index is 13.3. The molecule has 1 saturated carbocycles. The number of anilines is 1. The van der Waals surface area contributed by atoms with E-state index in [0.717, 1.165) is 46.5 Å². The van der Waals surface area contributed by atoms with E-state index in [1.54, 1.807) is 0 Å². The Hall–Kier alpha value is -3.80. The zero-order valence-electron chi connectivity index (χ0n) is 18.7. The van der Waals surface area contributed by atoms with Gasteiger partial charge < -0.3 is 20.1 Å². The Morgan fingerprint density at radius 1 is 0.970 bits per heavy atom. The highest BCUT2D eigenvalue weighted by Crippen LogP contribution is 2.51. The molecule has 1 aliphatic heterocycles. The summed E-state index contributed by atoms with van der Waals surface area (Å²) >= 11 is 0. The molecule has 0 spiro atoms. The van der Waals surface area contributed by atoms with Gasteiger partial charge in [0.05, 0.1) is 5.41 Å². The van der Waals surface area contributed by atoms with Gasteiger partial charge in [-0.3, -0.25) is 9.59 Å². The van der Waals surface area contributed by atoms with Gasteiger partial charge in [0.1, 0.15) is 0 Å². The lowest BCUT2D eigenvalue weighted by Gasteiger charge is -2.17. The fraction of sp³-hybridized carbons (Fsp3) is 0.259. The molecule has 6 heteroatoms. The number of hydrogen-bond donors (Lipinski definition) is 2. The number of benzene rings is 3. The number of nitrogens with one attached hydrogen (secondary N) is 2. The van der Waals surface area contributed by atoms with Crippen molar-refractivity contribution >= 4 is 17.5 Å². The van der Waals surface area contributed by atoms with E-state index in [-0.39, 0.29) is 20.0 Å². The predicted octanol–water partition coefficient (Wildman–Crippen LogP) is 5.06. The third-order valence-corrected chi connectivity index (χ3v) is 6.40. The molecule has 0 radical (unpaired) electrons. The van der Waals surface area contributed by atoms with Crippen LogP contribution in [-0.4, -0.2) is 25.2 Å². The first-order valence-corrected chi connectivity index (χ1v) is 11.2. The summed E-state index contributed by atoms with van der Waals surface area (Å²) in [5, 5.41) is 5.93. The lowest BCUT2D eigenvalue weighted by Crippen LogP contribution is -2.27. The van der Waals surface area contributed by atoms with Crippen molar-refractivity contribution in [2.45, 2.75) is 32.1 Å². The van der Waals surface area contributed by atoms with E-state index in [1.165, 1.54) is 0 Å². The Morgan fingerprint density at radius 3 is 2.45 bits per heavy atom. The first-order chi connectivity index (χ1) is 16.0. The predicted molar refractivity (Wildman–Crippen MR) is 129 cm³/mol. The molecule has 0 bridgehead atoms. The largest absolute Gasteiger partial charge is 0.454 e.